The summed E-state index contributed by atoms with van der Waals surface area (Å²) in [5.74, 6) is 0.721. The molecule has 2 aromatic carbocycles. The lowest BCUT2D eigenvalue weighted by Gasteiger charge is -2.16. The molecule has 1 heterocycles. The summed E-state index contributed by atoms with van der Waals surface area (Å²) < 4.78 is 6.66. The molecule has 0 spiro atoms. The van der Waals surface area contributed by atoms with E-state index in [-0.39, 0.29) is 11.7 Å². The van der Waals surface area contributed by atoms with Crippen molar-refractivity contribution in [1.29, 1.82) is 0 Å². The van der Waals surface area contributed by atoms with Gasteiger partial charge in [0, 0.05) is 23.6 Å². The van der Waals surface area contributed by atoms with Crippen LogP contribution in [-0.4, -0.2) is 33.8 Å². The molecule has 0 bridgehead atoms. The maximum Gasteiger partial charge on any atom is 0.277 e. The average Bonchev–Trinajstić information content (AvgIpc) is 3.11. The van der Waals surface area contributed by atoms with Gasteiger partial charge >= 0.3 is 0 Å². The number of hydrogen-bond acceptors (Lipinski definition) is 5. The lowest BCUT2D eigenvalue weighted by Crippen LogP contribution is -2.27. The van der Waals surface area contributed by atoms with Gasteiger partial charge in [-0.15, -0.1) is 10.2 Å². The van der Waals surface area contributed by atoms with Crippen LogP contribution in [0.25, 0.3) is 11.5 Å². The van der Waals surface area contributed by atoms with Gasteiger partial charge in [0.05, 0.1) is 5.75 Å². The van der Waals surface area contributed by atoms with E-state index < -0.39 is 0 Å². The molecule has 5 nitrogen and oxygen atoms in total. The Morgan fingerprint density at radius 2 is 1.81 bits per heavy atom. The van der Waals surface area contributed by atoms with Crippen LogP contribution >= 0.6 is 27.7 Å². The summed E-state index contributed by atoms with van der Waals surface area (Å²) in [7, 11) is 1.79. The summed E-state index contributed by atoms with van der Waals surface area (Å²) in [5.41, 5.74) is 3.12. The number of benzene rings is 2. The van der Waals surface area contributed by atoms with Gasteiger partial charge in [0.1, 0.15) is 0 Å². The number of nitrogens with zero attached hydrogens (tertiary/aromatic N) is 3. The van der Waals surface area contributed by atoms with E-state index in [1.807, 2.05) is 55.5 Å². The topological polar surface area (TPSA) is 59.2 Å². The van der Waals surface area contributed by atoms with Gasteiger partial charge in [-0.2, -0.15) is 0 Å². The van der Waals surface area contributed by atoms with E-state index in [0.717, 1.165) is 15.6 Å². The van der Waals surface area contributed by atoms with E-state index in [9.17, 15) is 4.79 Å². The summed E-state index contributed by atoms with van der Waals surface area (Å²) in [6, 6.07) is 15.8. The predicted octanol–water partition coefficient (Wildman–Crippen LogP) is 4.56. The molecule has 0 unspecified atom stereocenters. The van der Waals surface area contributed by atoms with Gasteiger partial charge < -0.3 is 9.32 Å². The first kappa shape index (κ1) is 18.7. The molecule has 0 fully saturated rings. The van der Waals surface area contributed by atoms with Crippen molar-refractivity contribution in [2.75, 3.05) is 12.8 Å². The molecule has 1 aromatic heterocycles. The van der Waals surface area contributed by atoms with Crippen LogP contribution in [0.15, 0.2) is 62.6 Å². The molecule has 0 N–H and O–H groups in total. The number of aromatic nitrogens is 2. The fourth-order valence-electron chi connectivity index (χ4n) is 2.27. The summed E-state index contributed by atoms with van der Waals surface area (Å²) in [4.78, 5) is 14.0. The number of amides is 1. The zero-order valence-electron chi connectivity index (χ0n) is 14.5. The van der Waals surface area contributed by atoms with Gasteiger partial charge in [0.25, 0.3) is 5.22 Å². The third-order valence-electron chi connectivity index (χ3n) is 3.78. The standard InChI is InChI=1S/C19H18BrN3O2S/c1-13-3-7-15(8-4-13)18-21-22-19(25-18)26-12-17(24)23(2)11-14-5-9-16(20)10-6-14/h3-10H,11-12H2,1-2H3. The van der Waals surface area contributed by atoms with Crippen LogP contribution in [-0.2, 0) is 11.3 Å². The SMILES string of the molecule is Cc1ccc(-c2nnc(SCC(=O)N(C)Cc3ccc(Br)cc3)o2)cc1. The number of thioether (sulfide) groups is 1. The minimum absolute atomic E-state index is 0.00741. The molecule has 0 radical (unpaired) electrons. The lowest BCUT2D eigenvalue weighted by atomic mass is 10.1. The van der Waals surface area contributed by atoms with Gasteiger partial charge in [-0.05, 0) is 36.8 Å². The van der Waals surface area contributed by atoms with Crippen LogP contribution < -0.4 is 0 Å². The van der Waals surface area contributed by atoms with E-state index in [1.54, 1.807) is 11.9 Å². The van der Waals surface area contributed by atoms with Crippen molar-refractivity contribution in [3.63, 3.8) is 0 Å². The Morgan fingerprint density at radius 1 is 1.12 bits per heavy atom. The fourth-order valence-corrected chi connectivity index (χ4v) is 3.23. The second-order valence-electron chi connectivity index (χ2n) is 5.90. The summed E-state index contributed by atoms with van der Waals surface area (Å²) in [6.45, 7) is 2.58. The maximum absolute atomic E-state index is 12.3. The summed E-state index contributed by atoms with van der Waals surface area (Å²) in [6.07, 6.45) is 0. The minimum atomic E-state index is 0.00741. The highest BCUT2D eigenvalue weighted by Crippen LogP contribution is 2.23. The van der Waals surface area contributed by atoms with Crippen LogP contribution in [0.1, 0.15) is 11.1 Å². The molecule has 0 aliphatic heterocycles. The van der Waals surface area contributed by atoms with E-state index >= 15 is 0 Å². The van der Waals surface area contributed by atoms with Crippen molar-refractivity contribution in [1.82, 2.24) is 15.1 Å². The number of rotatable bonds is 6. The Balaban J connectivity index is 1.54. The van der Waals surface area contributed by atoms with Crippen LogP contribution in [0.2, 0.25) is 0 Å². The predicted molar refractivity (Wildman–Crippen MR) is 106 cm³/mol. The van der Waals surface area contributed by atoms with Crippen molar-refractivity contribution in [2.24, 2.45) is 0 Å². The minimum Gasteiger partial charge on any atom is -0.411 e. The Kier molecular flexibility index (Phi) is 6.11. The zero-order chi connectivity index (χ0) is 18.5. The monoisotopic (exact) mass is 431 g/mol. The van der Waals surface area contributed by atoms with Gasteiger partial charge in [0.2, 0.25) is 11.8 Å². The molecule has 0 aliphatic rings. The van der Waals surface area contributed by atoms with Crippen LogP contribution in [0, 0.1) is 6.92 Å². The number of carbonyl (C=O) groups is 1. The second kappa shape index (κ2) is 8.51. The number of aryl methyl sites for hydroxylation is 1. The first-order valence-corrected chi connectivity index (χ1v) is 9.81. The molecule has 3 rings (SSSR count). The van der Waals surface area contributed by atoms with Crippen molar-refractivity contribution in [3.8, 4) is 11.5 Å². The third kappa shape index (κ3) is 4.95. The highest BCUT2D eigenvalue weighted by Gasteiger charge is 2.14. The Labute approximate surface area is 164 Å². The van der Waals surface area contributed by atoms with E-state index in [0.29, 0.717) is 17.7 Å². The molecular weight excluding hydrogens is 414 g/mol. The molecule has 26 heavy (non-hydrogen) atoms. The normalized spacial score (nSPS) is 10.7. The van der Waals surface area contributed by atoms with E-state index in [2.05, 4.69) is 26.1 Å². The quantitative estimate of drug-likeness (QED) is 0.535. The maximum atomic E-state index is 12.3. The summed E-state index contributed by atoms with van der Waals surface area (Å²) >= 11 is 4.66. The highest BCUT2D eigenvalue weighted by molar-refractivity contribution is 9.10. The van der Waals surface area contributed by atoms with Crippen molar-refractivity contribution in [2.45, 2.75) is 18.7 Å². The van der Waals surface area contributed by atoms with Crippen LogP contribution in [0.5, 0.6) is 0 Å². The Morgan fingerprint density at radius 3 is 2.50 bits per heavy atom. The molecule has 0 aliphatic carbocycles. The molecule has 0 atom stereocenters. The lowest BCUT2D eigenvalue weighted by molar-refractivity contribution is -0.127. The van der Waals surface area contributed by atoms with Gasteiger partial charge in [-0.25, -0.2) is 0 Å². The summed E-state index contributed by atoms with van der Waals surface area (Å²) in [5, 5.41) is 8.45. The molecule has 3 aromatic rings. The molecule has 0 saturated carbocycles. The molecule has 0 saturated heterocycles. The van der Waals surface area contributed by atoms with Crippen LogP contribution in [0.3, 0.4) is 0 Å². The number of carbonyl (C=O) groups excluding carboxylic acids is 1. The highest BCUT2D eigenvalue weighted by atomic mass is 79.9. The Hall–Kier alpha value is -2.12. The first-order chi connectivity index (χ1) is 12.5. The van der Waals surface area contributed by atoms with Gasteiger partial charge in [-0.1, -0.05) is 57.5 Å². The molecule has 1 amide bonds. The largest absolute Gasteiger partial charge is 0.411 e. The number of halogens is 1. The van der Waals surface area contributed by atoms with Crippen molar-refractivity contribution < 1.29 is 9.21 Å². The first-order valence-electron chi connectivity index (χ1n) is 8.03. The smallest absolute Gasteiger partial charge is 0.277 e. The Bertz CT molecular complexity index is 879. The molecule has 134 valence electrons. The molecule has 7 heteroatoms. The van der Waals surface area contributed by atoms with Crippen molar-refractivity contribution in [3.05, 3.63) is 64.1 Å². The second-order valence-corrected chi connectivity index (χ2v) is 7.75. The van der Waals surface area contributed by atoms with Gasteiger partial charge in [-0.3, -0.25) is 4.79 Å². The zero-order valence-corrected chi connectivity index (χ0v) is 16.9. The van der Waals surface area contributed by atoms with Gasteiger partial charge in [0.15, 0.2) is 0 Å². The van der Waals surface area contributed by atoms with E-state index in [4.69, 9.17) is 4.42 Å². The third-order valence-corrected chi connectivity index (χ3v) is 5.11. The van der Waals surface area contributed by atoms with Crippen LogP contribution in [0.4, 0.5) is 0 Å². The fraction of sp³-hybridized carbons (Fsp3) is 0.211. The molecular formula is C19H18BrN3O2S. The van der Waals surface area contributed by atoms with Crippen molar-refractivity contribution >= 4 is 33.6 Å². The average molecular weight is 432 g/mol. The van der Waals surface area contributed by atoms with E-state index in [1.165, 1.54) is 17.3 Å². The number of hydrogen-bond donors (Lipinski definition) is 0.